The van der Waals surface area contributed by atoms with Gasteiger partial charge in [-0.1, -0.05) is 0 Å². The van der Waals surface area contributed by atoms with Crippen LogP contribution in [-0.4, -0.2) is 30.6 Å². The highest BCUT2D eigenvalue weighted by molar-refractivity contribution is 9.10. The number of amides is 1. The molecule has 0 saturated carbocycles. The Kier molecular flexibility index (Phi) is 6.21. The van der Waals surface area contributed by atoms with Gasteiger partial charge in [0.2, 0.25) is 0 Å². The second-order valence-corrected chi connectivity index (χ2v) is 5.32. The maximum Gasteiger partial charge on any atom is 0.253 e. The lowest BCUT2D eigenvalue weighted by Gasteiger charge is -2.09. The first-order valence-corrected chi connectivity index (χ1v) is 7.72. The van der Waals surface area contributed by atoms with Crippen LogP contribution in [0.3, 0.4) is 0 Å². The van der Waals surface area contributed by atoms with E-state index in [4.69, 9.17) is 9.47 Å². The van der Waals surface area contributed by atoms with Crippen LogP contribution in [0.1, 0.15) is 17.3 Å². The van der Waals surface area contributed by atoms with Crippen LogP contribution in [0.15, 0.2) is 47.2 Å². The molecule has 0 atom stereocenters. The summed E-state index contributed by atoms with van der Waals surface area (Å²) < 4.78 is 11.7. The summed E-state index contributed by atoms with van der Waals surface area (Å²) in [5, 5.41) is 2.78. The Morgan fingerprint density at radius 2 is 1.86 bits per heavy atom. The molecule has 5 nitrogen and oxygen atoms in total. The number of halogens is 1. The Hall–Kier alpha value is -2.08. The largest absolute Gasteiger partial charge is 0.494 e. The number of ether oxygens (including phenoxy) is 2. The summed E-state index contributed by atoms with van der Waals surface area (Å²) in [6, 6.07) is 9.10. The Labute approximate surface area is 137 Å². The summed E-state index contributed by atoms with van der Waals surface area (Å²) in [4.78, 5) is 15.8. The lowest BCUT2D eigenvalue weighted by Crippen LogP contribution is -2.28. The number of nitrogens with zero attached hydrogens (tertiary/aromatic N) is 1. The monoisotopic (exact) mass is 364 g/mol. The molecular formula is C16H17BrN2O3. The zero-order chi connectivity index (χ0) is 15.8. The van der Waals surface area contributed by atoms with Crippen LogP contribution in [0.4, 0.5) is 0 Å². The first-order chi connectivity index (χ1) is 10.7. The predicted molar refractivity (Wildman–Crippen MR) is 87.4 cm³/mol. The number of pyridine rings is 1. The van der Waals surface area contributed by atoms with E-state index in [1.807, 2.05) is 31.2 Å². The third-order valence-electron chi connectivity index (χ3n) is 2.76. The van der Waals surface area contributed by atoms with Gasteiger partial charge in [0.1, 0.15) is 18.1 Å². The fourth-order valence-corrected chi connectivity index (χ4v) is 2.14. The zero-order valence-corrected chi connectivity index (χ0v) is 13.8. The molecule has 6 heteroatoms. The molecule has 2 rings (SSSR count). The Morgan fingerprint density at radius 3 is 2.50 bits per heavy atom. The summed E-state index contributed by atoms with van der Waals surface area (Å²) in [6.45, 7) is 3.38. The first kappa shape index (κ1) is 16.3. The van der Waals surface area contributed by atoms with Crippen molar-refractivity contribution in [3.63, 3.8) is 0 Å². The molecule has 1 aromatic heterocycles. The van der Waals surface area contributed by atoms with Gasteiger partial charge in [0.15, 0.2) is 0 Å². The van der Waals surface area contributed by atoms with Crippen molar-refractivity contribution in [1.29, 1.82) is 0 Å². The van der Waals surface area contributed by atoms with Crippen LogP contribution in [0.5, 0.6) is 11.5 Å². The summed E-state index contributed by atoms with van der Waals surface area (Å²) in [5.41, 5.74) is 0.510. The van der Waals surface area contributed by atoms with Gasteiger partial charge in [0.05, 0.1) is 18.7 Å². The number of rotatable bonds is 7. The molecule has 0 radical (unpaired) electrons. The third-order valence-corrected chi connectivity index (χ3v) is 3.19. The van der Waals surface area contributed by atoms with E-state index in [-0.39, 0.29) is 5.91 Å². The quantitative estimate of drug-likeness (QED) is 0.767. The van der Waals surface area contributed by atoms with E-state index in [2.05, 4.69) is 26.2 Å². The summed E-state index contributed by atoms with van der Waals surface area (Å²) in [7, 11) is 0. The van der Waals surface area contributed by atoms with Crippen LogP contribution >= 0.6 is 15.9 Å². The van der Waals surface area contributed by atoms with Crippen LogP contribution < -0.4 is 14.8 Å². The van der Waals surface area contributed by atoms with Gasteiger partial charge in [-0.25, -0.2) is 0 Å². The van der Waals surface area contributed by atoms with Crippen molar-refractivity contribution < 1.29 is 14.3 Å². The second kappa shape index (κ2) is 8.38. The highest BCUT2D eigenvalue weighted by atomic mass is 79.9. The van der Waals surface area contributed by atoms with Crippen LogP contribution in [0.25, 0.3) is 0 Å². The minimum Gasteiger partial charge on any atom is -0.494 e. The van der Waals surface area contributed by atoms with Gasteiger partial charge in [-0.2, -0.15) is 0 Å². The molecule has 0 bridgehead atoms. The minimum atomic E-state index is -0.177. The van der Waals surface area contributed by atoms with Gasteiger partial charge in [0.25, 0.3) is 5.91 Å². The van der Waals surface area contributed by atoms with Crippen molar-refractivity contribution in [2.75, 3.05) is 19.8 Å². The molecule has 1 amide bonds. The smallest absolute Gasteiger partial charge is 0.253 e. The summed E-state index contributed by atoms with van der Waals surface area (Å²) >= 11 is 3.28. The van der Waals surface area contributed by atoms with Crippen LogP contribution in [0, 0.1) is 0 Å². The van der Waals surface area contributed by atoms with Crippen molar-refractivity contribution in [2.45, 2.75) is 6.92 Å². The molecule has 0 aliphatic carbocycles. The van der Waals surface area contributed by atoms with E-state index in [9.17, 15) is 4.79 Å². The Morgan fingerprint density at radius 1 is 1.18 bits per heavy atom. The number of aromatic nitrogens is 1. The maximum absolute atomic E-state index is 11.9. The van der Waals surface area contributed by atoms with Gasteiger partial charge >= 0.3 is 0 Å². The summed E-state index contributed by atoms with van der Waals surface area (Å²) in [6.07, 6.45) is 3.15. The number of carbonyl (C=O) groups is 1. The fraction of sp³-hybridized carbons (Fsp3) is 0.250. The normalized spacial score (nSPS) is 10.1. The molecule has 0 saturated heterocycles. The maximum atomic E-state index is 11.9. The lowest BCUT2D eigenvalue weighted by molar-refractivity contribution is 0.0946. The average molecular weight is 365 g/mol. The molecule has 0 fully saturated rings. The SMILES string of the molecule is CCOc1ccc(OCCNC(=O)c2cncc(Br)c2)cc1. The zero-order valence-electron chi connectivity index (χ0n) is 12.2. The standard InChI is InChI=1S/C16H17BrN2O3/c1-2-21-14-3-5-15(6-4-14)22-8-7-19-16(20)12-9-13(17)11-18-10-12/h3-6,9-11H,2,7-8H2,1H3,(H,19,20). The number of hydrogen-bond acceptors (Lipinski definition) is 4. The van der Waals surface area contributed by atoms with Gasteiger partial charge in [0, 0.05) is 16.9 Å². The fourth-order valence-electron chi connectivity index (χ4n) is 1.77. The van der Waals surface area contributed by atoms with Gasteiger partial charge in [-0.3, -0.25) is 9.78 Å². The minimum absolute atomic E-state index is 0.177. The van der Waals surface area contributed by atoms with Crippen molar-refractivity contribution in [2.24, 2.45) is 0 Å². The molecule has 0 aliphatic heterocycles. The Balaban J connectivity index is 1.73. The highest BCUT2D eigenvalue weighted by Crippen LogP contribution is 2.17. The molecule has 1 aromatic carbocycles. The van der Waals surface area contributed by atoms with Crippen molar-refractivity contribution >= 4 is 21.8 Å². The molecule has 0 unspecified atom stereocenters. The number of benzene rings is 1. The molecule has 0 aliphatic rings. The summed E-state index contributed by atoms with van der Waals surface area (Å²) in [5.74, 6) is 1.37. The number of hydrogen-bond donors (Lipinski definition) is 1. The van der Waals surface area contributed by atoms with Crippen LogP contribution in [-0.2, 0) is 0 Å². The molecule has 2 aromatic rings. The van der Waals surface area contributed by atoms with Crippen molar-refractivity contribution in [1.82, 2.24) is 10.3 Å². The average Bonchev–Trinajstić information content (AvgIpc) is 2.53. The molecule has 1 heterocycles. The van der Waals surface area contributed by atoms with E-state index >= 15 is 0 Å². The molecular weight excluding hydrogens is 348 g/mol. The second-order valence-electron chi connectivity index (χ2n) is 4.40. The lowest BCUT2D eigenvalue weighted by atomic mass is 10.3. The van der Waals surface area contributed by atoms with E-state index in [1.165, 1.54) is 6.20 Å². The van der Waals surface area contributed by atoms with Gasteiger partial charge in [-0.15, -0.1) is 0 Å². The molecule has 0 spiro atoms. The van der Waals surface area contributed by atoms with E-state index in [1.54, 1.807) is 12.3 Å². The van der Waals surface area contributed by atoms with E-state index in [0.717, 1.165) is 16.0 Å². The van der Waals surface area contributed by atoms with E-state index < -0.39 is 0 Å². The Bertz CT molecular complexity index is 617. The van der Waals surface area contributed by atoms with Gasteiger partial charge in [-0.05, 0) is 53.2 Å². The van der Waals surface area contributed by atoms with Crippen molar-refractivity contribution in [3.05, 3.63) is 52.8 Å². The van der Waals surface area contributed by atoms with Crippen LogP contribution in [0.2, 0.25) is 0 Å². The van der Waals surface area contributed by atoms with Gasteiger partial charge < -0.3 is 14.8 Å². The number of nitrogens with one attached hydrogen (secondary N) is 1. The number of carbonyl (C=O) groups excluding carboxylic acids is 1. The molecule has 22 heavy (non-hydrogen) atoms. The van der Waals surface area contributed by atoms with E-state index in [0.29, 0.717) is 25.3 Å². The highest BCUT2D eigenvalue weighted by Gasteiger charge is 2.05. The molecule has 116 valence electrons. The first-order valence-electron chi connectivity index (χ1n) is 6.93. The predicted octanol–water partition coefficient (Wildman–Crippen LogP) is 3.05. The third kappa shape index (κ3) is 5.04. The molecule has 1 N–H and O–H groups in total. The topological polar surface area (TPSA) is 60.5 Å². The van der Waals surface area contributed by atoms with Crippen molar-refractivity contribution in [3.8, 4) is 11.5 Å².